The lowest BCUT2D eigenvalue weighted by Crippen LogP contribution is -2.32. The van der Waals surface area contributed by atoms with E-state index >= 15 is 0 Å². The number of rotatable bonds is 7. The number of aryl methyl sites for hydroxylation is 1. The largest absolute Gasteiger partial charge is 0.396 e. The molecule has 0 bridgehead atoms. The quantitative estimate of drug-likeness (QED) is 0.758. The van der Waals surface area contributed by atoms with Crippen LogP contribution in [0.1, 0.15) is 12.5 Å². The molecule has 0 aliphatic carbocycles. The molecule has 5 heteroatoms. The molecule has 1 rings (SSSR count). The van der Waals surface area contributed by atoms with Crippen LogP contribution in [0.4, 0.5) is 0 Å². The summed E-state index contributed by atoms with van der Waals surface area (Å²) in [6.45, 7) is 2.06. The van der Waals surface area contributed by atoms with Gasteiger partial charge < -0.3 is 5.11 Å². The van der Waals surface area contributed by atoms with Gasteiger partial charge in [-0.25, -0.2) is 13.1 Å². The van der Waals surface area contributed by atoms with Crippen molar-refractivity contribution in [3.63, 3.8) is 0 Å². The van der Waals surface area contributed by atoms with Gasteiger partial charge in [-0.15, -0.1) is 0 Å². The molecule has 0 amide bonds. The van der Waals surface area contributed by atoms with E-state index < -0.39 is 10.0 Å². The zero-order chi connectivity index (χ0) is 12.7. The monoisotopic (exact) mass is 257 g/mol. The Morgan fingerprint density at radius 3 is 2.53 bits per heavy atom. The lowest BCUT2D eigenvalue weighted by atomic mass is 10.2. The predicted molar refractivity (Wildman–Crippen MR) is 68.2 cm³/mol. The zero-order valence-corrected chi connectivity index (χ0v) is 10.8. The summed E-state index contributed by atoms with van der Waals surface area (Å²) in [6.07, 6.45) is 0.504. The maximum Gasteiger partial charge on any atom is 0.211 e. The minimum atomic E-state index is -3.25. The van der Waals surface area contributed by atoms with Crippen LogP contribution < -0.4 is 4.72 Å². The van der Waals surface area contributed by atoms with Crippen molar-refractivity contribution in [2.24, 2.45) is 5.92 Å². The first-order chi connectivity index (χ1) is 8.03. The van der Waals surface area contributed by atoms with Crippen molar-refractivity contribution in [3.05, 3.63) is 35.9 Å². The van der Waals surface area contributed by atoms with Crippen LogP contribution in [0.25, 0.3) is 0 Å². The Balaban J connectivity index is 2.40. The third-order valence-electron chi connectivity index (χ3n) is 2.47. The van der Waals surface area contributed by atoms with Gasteiger partial charge in [0.15, 0.2) is 0 Å². The Morgan fingerprint density at radius 1 is 1.29 bits per heavy atom. The molecule has 0 heterocycles. The topological polar surface area (TPSA) is 66.4 Å². The van der Waals surface area contributed by atoms with Crippen LogP contribution in [0.3, 0.4) is 0 Å². The molecule has 0 fully saturated rings. The smallest absolute Gasteiger partial charge is 0.211 e. The lowest BCUT2D eigenvalue weighted by Gasteiger charge is -2.10. The molecule has 1 aromatic rings. The number of hydrogen-bond acceptors (Lipinski definition) is 3. The van der Waals surface area contributed by atoms with E-state index in [1.165, 1.54) is 0 Å². The van der Waals surface area contributed by atoms with E-state index in [0.29, 0.717) is 6.42 Å². The average Bonchev–Trinajstić information content (AvgIpc) is 2.35. The number of benzene rings is 1. The van der Waals surface area contributed by atoms with Crippen LogP contribution in [-0.2, 0) is 16.4 Å². The van der Waals surface area contributed by atoms with E-state index in [-0.39, 0.29) is 24.8 Å². The summed E-state index contributed by atoms with van der Waals surface area (Å²) < 4.78 is 25.8. The third-order valence-corrected chi connectivity index (χ3v) is 3.81. The second kappa shape index (κ2) is 6.74. The first-order valence-corrected chi connectivity index (χ1v) is 7.31. The van der Waals surface area contributed by atoms with E-state index in [0.717, 1.165) is 5.56 Å². The molecule has 2 N–H and O–H groups in total. The summed E-state index contributed by atoms with van der Waals surface area (Å²) in [5, 5.41) is 8.80. The molecule has 96 valence electrons. The molecule has 4 nitrogen and oxygen atoms in total. The molecule has 1 unspecified atom stereocenters. The van der Waals surface area contributed by atoms with Crippen molar-refractivity contribution in [2.75, 3.05) is 18.9 Å². The molecule has 1 atom stereocenters. The van der Waals surface area contributed by atoms with E-state index in [1.54, 1.807) is 6.92 Å². The minimum Gasteiger partial charge on any atom is -0.396 e. The van der Waals surface area contributed by atoms with Crippen LogP contribution in [0.2, 0.25) is 0 Å². The highest BCUT2D eigenvalue weighted by Crippen LogP contribution is 2.01. The van der Waals surface area contributed by atoms with Gasteiger partial charge in [0, 0.05) is 13.2 Å². The van der Waals surface area contributed by atoms with Gasteiger partial charge in [0.1, 0.15) is 0 Å². The fourth-order valence-electron chi connectivity index (χ4n) is 1.30. The minimum absolute atomic E-state index is 0.0127. The molecule has 0 aromatic heterocycles. The van der Waals surface area contributed by atoms with E-state index in [4.69, 9.17) is 5.11 Å². The van der Waals surface area contributed by atoms with Crippen molar-refractivity contribution < 1.29 is 13.5 Å². The van der Waals surface area contributed by atoms with Crippen molar-refractivity contribution in [1.82, 2.24) is 4.72 Å². The highest BCUT2D eigenvalue weighted by molar-refractivity contribution is 7.89. The number of aliphatic hydroxyl groups excluding tert-OH is 1. The molecular weight excluding hydrogens is 238 g/mol. The molecule has 0 aliphatic rings. The molecule has 0 aliphatic heterocycles. The van der Waals surface area contributed by atoms with Gasteiger partial charge in [0.2, 0.25) is 10.0 Å². The van der Waals surface area contributed by atoms with Crippen molar-refractivity contribution in [3.8, 4) is 0 Å². The molecule has 17 heavy (non-hydrogen) atoms. The van der Waals surface area contributed by atoms with E-state index in [1.807, 2.05) is 30.3 Å². The first-order valence-electron chi connectivity index (χ1n) is 5.65. The fourth-order valence-corrected chi connectivity index (χ4v) is 2.49. The summed E-state index contributed by atoms with van der Waals surface area (Å²) in [5.41, 5.74) is 1.01. The molecule has 0 saturated carbocycles. The van der Waals surface area contributed by atoms with E-state index in [2.05, 4.69) is 4.72 Å². The van der Waals surface area contributed by atoms with Crippen molar-refractivity contribution in [2.45, 2.75) is 13.3 Å². The Bertz CT molecular complexity index is 417. The number of aliphatic hydroxyl groups is 1. The van der Waals surface area contributed by atoms with Gasteiger partial charge in [-0.2, -0.15) is 0 Å². The average molecular weight is 257 g/mol. The Morgan fingerprint density at radius 2 is 1.94 bits per heavy atom. The molecule has 0 spiro atoms. The van der Waals surface area contributed by atoms with Crippen LogP contribution in [0.15, 0.2) is 30.3 Å². The maximum atomic E-state index is 11.6. The predicted octanol–water partition coefficient (Wildman–Crippen LogP) is 0.777. The van der Waals surface area contributed by atoms with Crippen molar-refractivity contribution >= 4 is 10.0 Å². The summed E-state index contributed by atoms with van der Waals surface area (Å²) in [7, 11) is -3.25. The highest BCUT2D eigenvalue weighted by atomic mass is 32.2. The summed E-state index contributed by atoms with van der Waals surface area (Å²) in [6, 6.07) is 9.50. The first kappa shape index (κ1) is 14.2. The van der Waals surface area contributed by atoms with Gasteiger partial charge in [0.25, 0.3) is 0 Å². The second-order valence-electron chi connectivity index (χ2n) is 4.19. The molecule has 0 saturated heterocycles. The number of hydrogen-bond donors (Lipinski definition) is 2. The van der Waals surface area contributed by atoms with Crippen LogP contribution in [-0.4, -0.2) is 32.4 Å². The SMILES string of the molecule is CC(CO)CNS(=O)(=O)CCc1ccccc1. The molecule has 0 radical (unpaired) electrons. The summed E-state index contributed by atoms with van der Waals surface area (Å²) in [5.74, 6) is 0.0244. The summed E-state index contributed by atoms with van der Waals surface area (Å²) in [4.78, 5) is 0. The maximum absolute atomic E-state index is 11.6. The Kier molecular flexibility index (Phi) is 5.61. The molecule has 1 aromatic carbocycles. The van der Waals surface area contributed by atoms with Gasteiger partial charge in [-0.1, -0.05) is 37.3 Å². The summed E-state index contributed by atoms with van der Waals surface area (Å²) >= 11 is 0. The van der Waals surface area contributed by atoms with Gasteiger partial charge >= 0.3 is 0 Å². The van der Waals surface area contributed by atoms with E-state index in [9.17, 15) is 8.42 Å². The lowest BCUT2D eigenvalue weighted by molar-refractivity contribution is 0.238. The number of sulfonamides is 1. The highest BCUT2D eigenvalue weighted by Gasteiger charge is 2.11. The van der Waals surface area contributed by atoms with Gasteiger partial charge in [0.05, 0.1) is 5.75 Å². The normalized spacial score (nSPS) is 13.5. The number of nitrogens with one attached hydrogen (secondary N) is 1. The Labute approximate surface area is 103 Å². The Hall–Kier alpha value is -0.910. The van der Waals surface area contributed by atoms with Crippen LogP contribution in [0, 0.1) is 5.92 Å². The standard InChI is InChI=1S/C12H19NO3S/c1-11(10-14)9-13-17(15,16)8-7-12-5-3-2-4-6-12/h2-6,11,13-14H,7-10H2,1H3. The van der Waals surface area contributed by atoms with Gasteiger partial charge in [-0.05, 0) is 17.9 Å². The van der Waals surface area contributed by atoms with Crippen LogP contribution >= 0.6 is 0 Å². The van der Waals surface area contributed by atoms with Gasteiger partial charge in [-0.3, -0.25) is 0 Å². The van der Waals surface area contributed by atoms with Crippen LogP contribution in [0.5, 0.6) is 0 Å². The third kappa shape index (κ3) is 5.81. The fraction of sp³-hybridized carbons (Fsp3) is 0.500. The molecular formula is C12H19NO3S. The van der Waals surface area contributed by atoms with Crippen molar-refractivity contribution in [1.29, 1.82) is 0 Å². The zero-order valence-electron chi connectivity index (χ0n) is 9.96. The second-order valence-corrected chi connectivity index (χ2v) is 6.12.